The van der Waals surface area contributed by atoms with Crippen molar-refractivity contribution in [3.05, 3.63) is 30.1 Å². The highest BCUT2D eigenvalue weighted by molar-refractivity contribution is 5.05. The molecule has 2 atom stereocenters. The highest BCUT2D eigenvalue weighted by atomic mass is 16.6. The molecule has 1 aromatic rings. The van der Waals surface area contributed by atoms with Crippen molar-refractivity contribution in [1.82, 2.24) is 9.88 Å². The third-order valence-corrected chi connectivity index (χ3v) is 4.02. The van der Waals surface area contributed by atoms with E-state index in [4.69, 9.17) is 9.47 Å². The van der Waals surface area contributed by atoms with Gasteiger partial charge in [0.25, 0.3) is 0 Å². The number of ether oxygens (including phenoxy) is 2. The van der Waals surface area contributed by atoms with Gasteiger partial charge < -0.3 is 9.47 Å². The molecule has 18 heavy (non-hydrogen) atoms. The van der Waals surface area contributed by atoms with Crippen molar-refractivity contribution in [2.45, 2.75) is 31.1 Å². The molecule has 3 rings (SSSR count). The van der Waals surface area contributed by atoms with Crippen molar-refractivity contribution < 1.29 is 9.47 Å². The molecule has 98 valence electrons. The number of rotatable bonds is 3. The first kappa shape index (κ1) is 12.1. The van der Waals surface area contributed by atoms with Crippen molar-refractivity contribution in [1.29, 1.82) is 0 Å². The van der Waals surface area contributed by atoms with Gasteiger partial charge in [-0.2, -0.15) is 0 Å². The number of hydrogen-bond donors (Lipinski definition) is 0. The normalized spacial score (nSPS) is 32.4. The van der Waals surface area contributed by atoms with Crippen LogP contribution in [0.25, 0.3) is 0 Å². The maximum atomic E-state index is 5.99. The number of nitrogens with zero attached hydrogens (tertiary/aromatic N) is 2. The summed E-state index contributed by atoms with van der Waals surface area (Å²) in [5.74, 6) is 0. The van der Waals surface area contributed by atoms with Crippen LogP contribution < -0.4 is 0 Å². The molecule has 0 N–H and O–H groups in total. The SMILES string of the molecule is CO[C@H]1CO[C@@]2(CCN(Cc3ccccn3)C2)C1. The van der Waals surface area contributed by atoms with Gasteiger partial charge in [0, 0.05) is 39.4 Å². The molecule has 4 heteroatoms. The van der Waals surface area contributed by atoms with Gasteiger partial charge >= 0.3 is 0 Å². The van der Waals surface area contributed by atoms with E-state index in [-0.39, 0.29) is 11.7 Å². The first-order valence-corrected chi connectivity index (χ1v) is 6.59. The quantitative estimate of drug-likeness (QED) is 0.811. The van der Waals surface area contributed by atoms with Gasteiger partial charge in [0.2, 0.25) is 0 Å². The van der Waals surface area contributed by atoms with Crippen LogP contribution in [-0.4, -0.2) is 48.4 Å². The summed E-state index contributed by atoms with van der Waals surface area (Å²) in [6.07, 6.45) is 4.27. The number of methoxy groups -OCH3 is 1. The zero-order valence-electron chi connectivity index (χ0n) is 10.8. The van der Waals surface area contributed by atoms with Crippen molar-refractivity contribution in [2.75, 3.05) is 26.8 Å². The van der Waals surface area contributed by atoms with E-state index in [1.807, 2.05) is 18.3 Å². The third kappa shape index (κ3) is 2.41. The molecule has 1 spiro atoms. The van der Waals surface area contributed by atoms with Crippen molar-refractivity contribution >= 4 is 0 Å². The maximum absolute atomic E-state index is 5.99. The zero-order chi connectivity index (χ0) is 12.4. The fraction of sp³-hybridized carbons (Fsp3) is 0.643. The molecule has 0 aliphatic carbocycles. The maximum Gasteiger partial charge on any atom is 0.0847 e. The minimum absolute atomic E-state index is 0.0372. The summed E-state index contributed by atoms with van der Waals surface area (Å²) >= 11 is 0. The monoisotopic (exact) mass is 248 g/mol. The average molecular weight is 248 g/mol. The Bertz CT molecular complexity index is 398. The molecule has 2 fully saturated rings. The van der Waals surface area contributed by atoms with E-state index in [1.165, 1.54) is 0 Å². The van der Waals surface area contributed by atoms with E-state index in [0.29, 0.717) is 0 Å². The summed E-state index contributed by atoms with van der Waals surface area (Å²) in [7, 11) is 1.77. The van der Waals surface area contributed by atoms with E-state index in [0.717, 1.165) is 44.8 Å². The molecule has 0 radical (unpaired) electrons. The van der Waals surface area contributed by atoms with Gasteiger partial charge in [-0.05, 0) is 18.6 Å². The standard InChI is InChI=1S/C14H20N2O2/c1-17-13-8-14(18-10-13)5-7-16(11-14)9-12-4-2-3-6-15-12/h2-4,6,13H,5,7-11H2,1H3/t13-,14+/m1/s1. The van der Waals surface area contributed by atoms with E-state index in [9.17, 15) is 0 Å². The fourth-order valence-corrected chi connectivity index (χ4v) is 3.02. The summed E-state index contributed by atoms with van der Waals surface area (Å²) in [5.41, 5.74) is 1.17. The smallest absolute Gasteiger partial charge is 0.0847 e. The molecule has 4 nitrogen and oxygen atoms in total. The number of likely N-dealkylation sites (tertiary alicyclic amines) is 1. The summed E-state index contributed by atoms with van der Waals surface area (Å²) in [6, 6.07) is 6.08. The van der Waals surface area contributed by atoms with Crippen LogP contribution in [0.5, 0.6) is 0 Å². The summed E-state index contributed by atoms with van der Waals surface area (Å²) in [5, 5.41) is 0. The molecule has 2 aliphatic rings. The summed E-state index contributed by atoms with van der Waals surface area (Å²) in [6.45, 7) is 3.76. The lowest BCUT2D eigenvalue weighted by atomic mass is 9.98. The van der Waals surface area contributed by atoms with Crippen LogP contribution >= 0.6 is 0 Å². The Morgan fingerprint density at radius 3 is 3.22 bits per heavy atom. The Hall–Kier alpha value is -0.970. The van der Waals surface area contributed by atoms with Crippen LogP contribution in [0.3, 0.4) is 0 Å². The average Bonchev–Trinajstić information content (AvgIpc) is 2.99. The number of pyridine rings is 1. The molecule has 0 bridgehead atoms. The van der Waals surface area contributed by atoms with E-state index < -0.39 is 0 Å². The van der Waals surface area contributed by atoms with Gasteiger partial charge in [0.05, 0.1) is 24.0 Å². The second-order valence-electron chi connectivity index (χ2n) is 5.34. The fourth-order valence-electron chi connectivity index (χ4n) is 3.02. The second-order valence-corrected chi connectivity index (χ2v) is 5.34. The molecule has 0 unspecified atom stereocenters. The Balaban J connectivity index is 1.59. The molecule has 0 aromatic carbocycles. The Morgan fingerprint density at radius 2 is 2.50 bits per heavy atom. The van der Waals surface area contributed by atoms with Crippen LogP contribution in [0.1, 0.15) is 18.5 Å². The van der Waals surface area contributed by atoms with Crippen molar-refractivity contribution in [2.24, 2.45) is 0 Å². The predicted octanol–water partition coefficient (Wildman–Crippen LogP) is 1.46. The highest BCUT2D eigenvalue weighted by Gasteiger charge is 2.45. The predicted molar refractivity (Wildman–Crippen MR) is 68.2 cm³/mol. The molecular weight excluding hydrogens is 228 g/mol. The lowest BCUT2D eigenvalue weighted by molar-refractivity contribution is 0.00627. The second kappa shape index (κ2) is 4.96. The molecule has 2 saturated heterocycles. The van der Waals surface area contributed by atoms with Gasteiger partial charge in [-0.3, -0.25) is 9.88 Å². The van der Waals surface area contributed by atoms with Gasteiger partial charge in [-0.25, -0.2) is 0 Å². The number of aromatic nitrogens is 1. The Kier molecular flexibility index (Phi) is 3.33. The molecular formula is C14H20N2O2. The van der Waals surface area contributed by atoms with E-state index in [2.05, 4.69) is 16.0 Å². The van der Waals surface area contributed by atoms with Gasteiger partial charge in [0.15, 0.2) is 0 Å². The van der Waals surface area contributed by atoms with Crippen LogP contribution in [-0.2, 0) is 16.0 Å². The minimum atomic E-state index is 0.0372. The molecule has 2 aliphatic heterocycles. The molecule has 1 aromatic heterocycles. The third-order valence-electron chi connectivity index (χ3n) is 4.02. The lowest BCUT2D eigenvalue weighted by Gasteiger charge is -2.23. The first-order chi connectivity index (χ1) is 8.80. The highest BCUT2D eigenvalue weighted by Crippen LogP contribution is 2.36. The number of hydrogen-bond acceptors (Lipinski definition) is 4. The first-order valence-electron chi connectivity index (χ1n) is 6.59. The summed E-state index contributed by atoms with van der Waals surface area (Å²) in [4.78, 5) is 6.81. The largest absolute Gasteiger partial charge is 0.379 e. The topological polar surface area (TPSA) is 34.6 Å². The molecule has 0 amide bonds. The van der Waals surface area contributed by atoms with E-state index in [1.54, 1.807) is 7.11 Å². The lowest BCUT2D eigenvalue weighted by Crippen LogP contribution is -2.33. The van der Waals surface area contributed by atoms with Crippen LogP contribution in [0, 0.1) is 0 Å². The van der Waals surface area contributed by atoms with E-state index >= 15 is 0 Å². The van der Waals surface area contributed by atoms with Crippen molar-refractivity contribution in [3.8, 4) is 0 Å². The van der Waals surface area contributed by atoms with Crippen molar-refractivity contribution in [3.63, 3.8) is 0 Å². The van der Waals surface area contributed by atoms with Gasteiger partial charge in [-0.15, -0.1) is 0 Å². The zero-order valence-corrected chi connectivity index (χ0v) is 10.8. The summed E-state index contributed by atoms with van der Waals surface area (Å²) < 4.78 is 11.4. The Morgan fingerprint density at radius 1 is 1.56 bits per heavy atom. The van der Waals surface area contributed by atoms with Gasteiger partial charge in [-0.1, -0.05) is 6.07 Å². The van der Waals surface area contributed by atoms with Crippen LogP contribution in [0.4, 0.5) is 0 Å². The molecule has 3 heterocycles. The minimum Gasteiger partial charge on any atom is -0.379 e. The Labute approximate surface area is 108 Å². The van der Waals surface area contributed by atoms with Crippen LogP contribution in [0.2, 0.25) is 0 Å². The van der Waals surface area contributed by atoms with Gasteiger partial charge in [0.1, 0.15) is 0 Å². The van der Waals surface area contributed by atoms with Crippen LogP contribution in [0.15, 0.2) is 24.4 Å². The molecule has 0 saturated carbocycles.